The van der Waals surface area contributed by atoms with Crippen LogP contribution in [-0.4, -0.2) is 28.1 Å². The highest BCUT2D eigenvalue weighted by Crippen LogP contribution is 2.39. The molecule has 0 bridgehead atoms. The van der Waals surface area contributed by atoms with E-state index in [9.17, 15) is 27.2 Å². The third-order valence-corrected chi connectivity index (χ3v) is 7.37. The highest BCUT2D eigenvalue weighted by molar-refractivity contribution is 6.42. The maximum Gasteiger partial charge on any atom is 0.417 e. The van der Waals surface area contributed by atoms with Gasteiger partial charge in [-0.1, -0.05) is 35.3 Å². The summed E-state index contributed by atoms with van der Waals surface area (Å²) in [5, 5.41) is 11.0. The predicted molar refractivity (Wildman–Crippen MR) is 148 cm³/mol. The Morgan fingerprint density at radius 2 is 1.72 bits per heavy atom. The van der Waals surface area contributed by atoms with Crippen LogP contribution < -0.4 is 10.9 Å². The summed E-state index contributed by atoms with van der Waals surface area (Å²) < 4.78 is 79.3. The van der Waals surface area contributed by atoms with Gasteiger partial charge in [0.25, 0.3) is 5.91 Å². The molecule has 0 saturated heterocycles. The highest BCUT2D eigenvalue weighted by Gasteiger charge is 2.35. The lowest BCUT2D eigenvalue weighted by atomic mass is 9.94. The Kier molecular flexibility index (Phi) is 9.31. The molecule has 0 radical (unpaired) electrons. The molecule has 14 heteroatoms. The number of alkyl halides is 3. The maximum atomic E-state index is 16.1. The summed E-state index contributed by atoms with van der Waals surface area (Å²) in [6.07, 6.45) is -2.35. The topological polar surface area (TPSA) is 89.1 Å². The molecule has 0 aliphatic rings. The lowest BCUT2D eigenvalue weighted by molar-refractivity contribution is -0.141. The van der Waals surface area contributed by atoms with Gasteiger partial charge in [0.1, 0.15) is 11.6 Å². The number of amides is 1. The molecule has 4 aromatic rings. The van der Waals surface area contributed by atoms with Gasteiger partial charge in [0, 0.05) is 25.0 Å². The second-order valence-electron chi connectivity index (χ2n) is 9.53. The summed E-state index contributed by atoms with van der Waals surface area (Å²) in [5.74, 6) is -4.29. The molecule has 0 aliphatic carbocycles. The van der Waals surface area contributed by atoms with Crippen molar-refractivity contribution in [1.29, 1.82) is 5.41 Å². The molecule has 4 rings (SSSR count). The van der Waals surface area contributed by atoms with Gasteiger partial charge in [0.05, 0.1) is 47.3 Å². The number of carbonyl (C=O) groups excluding carboxylic acids is 2. The van der Waals surface area contributed by atoms with Crippen LogP contribution in [0.3, 0.4) is 0 Å². The summed E-state index contributed by atoms with van der Waals surface area (Å²) in [4.78, 5) is 25.7. The fraction of sp³-hybridized carbons (Fsp3) is 0.207. The average molecular weight is 641 g/mol. The standard InChI is InChI=1S/C29H23Cl2F5N4O3/c1-39-7-8-40(28(39)37)14-15-9-19(18-5-4-17(32)12-21(18)29(34,35)36)26(33)20(10-15)27(42)38-24(13-25(41)43-2)16-3-6-22(30)23(31)11-16/h3-12,24,37H,13-14H2,1-2H3,(H,38,42). The molecular formula is C29H23Cl2F5N4O3. The number of ether oxygens (including phenoxy) is 1. The van der Waals surface area contributed by atoms with E-state index in [4.69, 9.17) is 33.3 Å². The van der Waals surface area contributed by atoms with Crippen molar-refractivity contribution in [2.75, 3.05) is 7.11 Å². The summed E-state index contributed by atoms with van der Waals surface area (Å²) in [5.41, 5.74) is -2.89. The number of methoxy groups -OCH3 is 1. The molecule has 7 nitrogen and oxygen atoms in total. The third kappa shape index (κ3) is 7.08. The van der Waals surface area contributed by atoms with Crippen molar-refractivity contribution < 1.29 is 36.3 Å². The monoisotopic (exact) mass is 640 g/mol. The van der Waals surface area contributed by atoms with E-state index in [1.807, 2.05) is 0 Å². The number of benzene rings is 3. The number of nitrogens with one attached hydrogen (secondary N) is 2. The molecule has 43 heavy (non-hydrogen) atoms. The number of halogens is 7. The van der Waals surface area contributed by atoms with Gasteiger partial charge in [0.2, 0.25) is 5.62 Å². The van der Waals surface area contributed by atoms with Crippen LogP contribution in [0.4, 0.5) is 22.0 Å². The first-order valence-electron chi connectivity index (χ1n) is 12.5. The smallest absolute Gasteiger partial charge is 0.417 e. The number of imidazole rings is 1. The minimum absolute atomic E-state index is 0.0207. The van der Waals surface area contributed by atoms with Gasteiger partial charge >= 0.3 is 12.1 Å². The number of carbonyl (C=O) groups is 2. The van der Waals surface area contributed by atoms with Gasteiger partial charge in [-0.25, -0.2) is 8.78 Å². The molecule has 1 aromatic heterocycles. The van der Waals surface area contributed by atoms with Crippen molar-refractivity contribution in [2.24, 2.45) is 7.05 Å². The van der Waals surface area contributed by atoms with Crippen molar-refractivity contribution in [3.63, 3.8) is 0 Å². The number of hydrogen-bond acceptors (Lipinski definition) is 4. The number of aryl methyl sites for hydroxylation is 1. The molecule has 1 atom stereocenters. The predicted octanol–water partition coefficient (Wildman–Crippen LogP) is 6.66. The van der Waals surface area contributed by atoms with Crippen molar-refractivity contribution in [1.82, 2.24) is 14.5 Å². The van der Waals surface area contributed by atoms with Gasteiger partial charge in [-0.3, -0.25) is 15.0 Å². The zero-order chi connectivity index (χ0) is 31.6. The zero-order valence-corrected chi connectivity index (χ0v) is 24.0. The van der Waals surface area contributed by atoms with E-state index in [0.717, 1.165) is 31.4 Å². The summed E-state index contributed by atoms with van der Waals surface area (Å²) in [7, 11) is 2.74. The Morgan fingerprint density at radius 1 is 1.00 bits per heavy atom. The molecule has 0 aliphatic heterocycles. The van der Waals surface area contributed by atoms with Gasteiger partial charge in [-0.05, 0) is 53.1 Å². The van der Waals surface area contributed by atoms with Gasteiger partial charge in [-0.15, -0.1) is 0 Å². The Hall–Kier alpha value is -4.16. The Bertz CT molecular complexity index is 1770. The van der Waals surface area contributed by atoms with E-state index in [0.29, 0.717) is 5.56 Å². The number of rotatable bonds is 8. The first-order valence-corrected chi connectivity index (χ1v) is 13.2. The Morgan fingerprint density at radius 3 is 2.33 bits per heavy atom. The van der Waals surface area contributed by atoms with Gasteiger partial charge < -0.3 is 19.2 Å². The Balaban J connectivity index is 1.87. The van der Waals surface area contributed by atoms with Crippen molar-refractivity contribution in [3.05, 3.63) is 110 Å². The van der Waals surface area contributed by atoms with E-state index in [1.54, 1.807) is 13.2 Å². The van der Waals surface area contributed by atoms with E-state index >= 15 is 4.39 Å². The zero-order valence-electron chi connectivity index (χ0n) is 22.5. The third-order valence-electron chi connectivity index (χ3n) is 6.63. The molecule has 1 amide bonds. The van der Waals surface area contributed by atoms with Crippen LogP contribution in [0.1, 0.15) is 39.5 Å². The number of esters is 1. The van der Waals surface area contributed by atoms with Crippen LogP contribution >= 0.6 is 23.2 Å². The quantitative estimate of drug-likeness (QED) is 0.167. The lowest BCUT2D eigenvalue weighted by Gasteiger charge is -2.21. The number of nitrogens with zero attached hydrogens (tertiary/aromatic N) is 2. The largest absolute Gasteiger partial charge is 0.469 e. The van der Waals surface area contributed by atoms with Crippen molar-refractivity contribution >= 4 is 35.1 Å². The second-order valence-corrected chi connectivity index (χ2v) is 10.3. The summed E-state index contributed by atoms with van der Waals surface area (Å²) >= 11 is 12.1. The molecule has 0 fully saturated rings. The van der Waals surface area contributed by atoms with Crippen LogP contribution in [0.2, 0.25) is 10.0 Å². The fourth-order valence-electron chi connectivity index (χ4n) is 4.44. The maximum absolute atomic E-state index is 16.1. The fourth-order valence-corrected chi connectivity index (χ4v) is 4.75. The van der Waals surface area contributed by atoms with E-state index < -0.39 is 64.4 Å². The van der Waals surface area contributed by atoms with Crippen LogP contribution in [0.5, 0.6) is 0 Å². The Labute approximate surface area is 251 Å². The molecule has 3 aromatic carbocycles. The minimum atomic E-state index is -5.05. The molecule has 0 saturated carbocycles. The van der Waals surface area contributed by atoms with E-state index in [-0.39, 0.29) is 33.8 Å². The van der Waals surface area contributed by atoms with Gasteiger partial charge in [-0.2, -0.15) is 13.2 Å². The minimum Gasteiger partial charge on any atom is -0.469 e. The van der Waals surface area contributed by atoms with E-state index in [1.165, 1.54) is 33.5 Å². The normalized spacial score (nSPS) is 12.2. The first-order chi connectivity index (χ1) is 20.2. The summed E-state index contributed by atoms with van der Waals surface area (Å²) in [6, 6.07) is 7.23. The van der Waals surface area contributed by atoms with Crippen LogP contribution in [-0.2, 0) is 29.3 Å². The molecule has 226 valence electrons. The van der Waals surface area contributed by atoms with Crippen molar-refractivity contribution in [3.8, 4) is 11.1 Å². The molecule has 1 unspecified atom stereocenters. The van der Waals surface area contributed by atoms with Crippen LogP contribution in [0.25, 0.3) is 11.1 Å². The molecular weight excluding hydrogens is 618 g/mol. The SMILES string of the molecule is COC(=O)CC(NC(=O)c1cc(Cn2ccn(C)c2=N)cc(-c2ccc(F)cc2C(F)(F)F)c1F)c1ccc(Cl)c(Cl)c1. The molecule has 1 heterocycles. The van der Waals surface area contributed by atoms with Crippen LogP contribution in [0.15, 0.2) is 60.9 Å². The lowest BCUT2D eigenvalue weighted by Crippen LogP contribution is -2.31. The number of hydrogen-bond donors (Lipinski definition) is 2. The highest BCUT2D eigenvalue weighted by atomic mass is 35.5. The van der Waals surface area contributed by atoms with Crippen LogP contribution in [0, 0.1) is 17.0 Å². The average Bonchev–Trinajstić information content (AvgIpc) is 3.26. The second kappa shape index (κ2) is 12.6. The van der Waals surface area contributed by atoms with Crippen molar-refractivity contribution in [2.45, 2.75) is 25.2 Å². The summed E-state index contributed by atoms with van der Waals surface area (Å²) in [6.45, 7) is -0.117. The molecule has 0 spiro atoms. The van der Waals surface area contributed by atoms with E-state index in [2.05, 4.69) is 5.32 Å². The van der Waals surface area contributed by atoms with Gasteiger partial charge in [0.15, 0.2) is 0 Å². The molecule has 2 N–H and O–H groups in total. The first kappa shape index (κ1) is 31.8. The number of aromatic nitrogens is 2.